The summed E-state index contributed by atoms with van der Waals surface area (Å²) in [6.45, 7) is 2.09. The molecule has 0 fully saturated rings. The number of aromatic nitrogens is 1. The van der Waals surface area contributed by atoms with Crippen molar-refractivity contribution in [3.63, 3.8) is 0 Å². The van der Waals surface area contributed by atoms with Crippen molar-refractivity contribution < 1.29 is 4.42 Å². The van der Waals surface area contributed by atoms with Gasteiger partial charge in [-0.1, -0.05) is 42.0 Å². The molecule has 0 N–H and O–H groups in total. The molecular formula is C15H13NO. The van der Waals surface area contributed by atoms with Crippen LogP contribution in [0.1, 0.15) is 17.0 Å². The van der Waals surface area contributed by atoms with Crippen molar-refractivity contribution in [3.05, 3.63) is 65.5 Å². The van der Waals surface area contributed by atoms with Gasteiger partial charge in [-0.15, -0.1) is 0 Å². The van der Waals surface area contributed by atoms with Gasteiger partial charge in [0, 0.05) is 6.42 Å². The molecule has 3 rings (SSSR count). The molecule has 0 spiro atoms. The first-order valence-electron chi connectivity index (χ1n) is 5.71. The zero-order chi connectivity index (χ0) is 11.7. The first kappa shape index (κ1) is 10.1. The van der Waals surface area contributed by atoms with Gasteiger partial charge in [-0.25, -0.2) is 4.98 Å². The molecule has 0 aliphatic rings. The lowest BCUT2D eigenvalue weighted by atomic mass is 10.1. The van der Waals surface area contributed by atoms with Crippen LogP contribution in [0.25, 0.3) is 11.1 Å². The van der Waals surface area contributed by atoms with Crippen LogP contribution < -0.4 is 0 Å². The third-order valence-corrected chi connectivity index (χ3v) is 2.78. The van der Waals surface area contributed by atoms with Gasteiger partial charge >= 0.3 is 0 Å². The molecule has 0 saturated heterocycles. The monoisotopic (exact) mass is 223 g/mol. The summed E-state index contributed by atoms with van der Waals surface area (Å²) in [5.74, 6) is 0.775. The number of rotatable bonds is 2. The molecule has 2 aromatic carbocycles. The molecule has 1 heterocycles. The highest BCUT2D eigenvalue weighted by Crippen LogP contribution is 2.17. The third-order valence-electron chi connectivity index (χ3n) is 2.78. The van der Waals surface area contributed by atoms with Crippen LogP contribution in [-0.4, -0.2) is 4.98 Å². The maximum atomic E-state index is 5.70. The quantitative estimate of drug-likeness (QED) is 0.661. The Kier molecular flexibility index (Phi) is 2.41. The molecule has 0 bridgehead atoms. The fourth-order valence-corrected chi connectivity index (χ4v) is 1.99. The van der Waals surface area contributed by atoms with Crippen LogP contribution in [0.5, 0.6) is 0 Å². The van der Waals surface area contributed by atoms with E-state index in [2.05, 4.69) is 36.2 Å². The van der Waals surface area contributed by atoms with Crippen molar-refractivity contribution in [1.82, 2.24) is 4.98 Å². The van der Waals surface area contributed by atoms with Crippen LogP contribution in [0.2, 0.25) is 0 Å². The Balaban J connectivity index is 1.94. The number of aryl methyl sites for hydroxylation is 1. The highest BCUT2D eigenvalue weighted by atomic mass is 16.3. The second-order valence-electron chi connectivity index (χ2n) is 4.24. The molecule has 0 amide bonds. The largest absolute Gasteiger partial charge is 0.440 e. The Morgan fingerprint density at radius 1 is 1.06 bits per heavy atom. The van der Waals surface area contributed by atoms with E-state index in [0.29, 0.717) is 0 Å². The van der Waals surface area contributed by atoms with Crippen LogP contribution in [-0.2, 0) is 6.42 Å². The average molecular weight is 223 g/mol. The number of hydrogen-bond acceptors (Lipinski definition) is 2. The lowest BCUT2D eigenvalue weighted by Gasteiger charge is -1.98. The van der Waals surface area contributed by atoms with Crippen molar-refractivity contribution >= 4 is 11.1 Å². The standard InChI is InChI=1S/C15H13NO/c1-11-5-4-6-12(9-11)10-15-16-13-7-2-3-8-14(13)17-15/h2-9H,10H2,1H3. The van der Waals surface area contributed by atoms with Crippen molar-refractivity contribution in [2.45, 2.75) is 13.3 Å². The summed E-state index contributed by atoms with van der Waals surface area (Å²) in [6.07, 6.45) is 0.746. The van der Waals surface area contributed by atoms with Crippen LogP contribution in [0.4, 0.5) is 0 Å². The summed E-state index contributed by atoms with van der Waals surface area (Å²) in [5.41, 5.74) is 4.28. The van der Waals surface area contributed by atoms with Gasteiger partial charge in [-0.2, -0.15) is 0 Å². The fraction of sp³-hybridized carbons (Fsp3) is 0.133. The second kappa shape index (κ2) is 4.06. The Morgan fingerprint density at radius 2 is 1.94 bits per heavy atom. The molecule has 0 saturated carbocycles. The number of oxazole rings is 1. The number of benzene rings is 2. The molecule has 1 aromatic heterocycles. The van der Waals surface area contributed by atoms with Crippen molar-refractivity contribution in [2.75, 3.05) is 0 Å². The summed E-state index contributed by atoms with van der Waals surface area (Å²) < 4.78 is 5.70. The number of hydrogen-bond donors (Lipinski definition) is 0. The molecule has 84 valence electrons. The molecule has 0 unspecified atom stereocenters. The van der Waals surface area contributed by atoms with E-state index < -0.39 is 0 Å². The summed E-state index contributed by atoms with van der Waals surface area (Å²) >= 11 is 0. The molecular weight excluding hydrogens is 210 g/mol. The summed E-state index contributed by atoms with van der Waals surface area (Å²) in [4.78, 5) is 4.47. The van der Waals surface area contributed by atoms with Gasteiger partial charge in [-0.05, 0) is 24.6 Å². The molecule has 17 heavy (non-hydrogen) atoms. The highest BCUT2D eigenvalue weighted by Gasteiger charge is 2.05. The molecule has 0 aliphatic heterocycles. The summed E-state index contributed by atoms with van der Waals surface area (Å²) in [7, 11) is 0. The van der Waals surface area contributed by atoms with Gasteiger partial charge in [0.2, 0.25) is 0 Å². The zero-order valence-corrected chi connectivity index (χ0v) is 9.68. The Labute approximate surface area is 99.9 Å². The van der Waals surface area contributed by atoms with Crippen molar-refractivity contribution in [2.24, 2.45) is 0 Å². The van der Waals surface area contributed by atoms with Gasteiger partial charge in [0.15, 0.2) is 11.5 Å². The minimum Gasteiger partial charge on any atom is -0.440 e. The van der Waals surface area contributed by atoms with Crippen LogP contribution in [0.15, 0.2) is 52.9 Å². The van der Waals surface area contributed by atoms with E-state index >= 15 is 0 Å². The van der Waals surface area contributed by atoms with Gasteiger partial charge in [0.25, 0.3) is 0 Å². The maximum Gasteiger partial charge on any atom is 0.199 e. The van der Waals surface area contributed by atoms with Crippen LogP contribution in [0.3, 0.4) is 0 Å². The third kappa shape index (κ3) is 2.07. The van der Waals surface area contributed by atoms with Crippen LogP contribution >= 0.6 is 0 Å². The van der Waals surface area contributed by atoms with E-state index in [-0.39, 0.29) is 0 Å². The minimum absolute atomic E-state index is 0.746. The van der Waals surface area contributed by atoms with E-state index in [1.807, 2.05) is 24.3 Å². The average Bonchev–Trinajstić information content (AvgIpc) is 2.71. The first-order valence-corrected chi connectivity index (χ1v) is 5.71. The van der Waals surface area contributed by atoms with Crippen LogP contribution in [0, 0.1) is 6.92 Å². The molecule has 2 nitrogen and oxygen atoms in total. The SMILES string of the molecule is Cc1cccc(Cc2nc3ccccc3o2)c1. The first-order chi connectivity index (χ1) is 8.31. The van der Waals surface area contributed by atoms with Gasteiger partial charge in [-0.3, -0.25) is 0 Å². The fourth-order valence-electron chi connectivity index (χ4n) is 1.99. The Morgan fingerprint density at radius 3 is 2.76 bits per heavy atom. The van der Waals surface area contributed by atoms with E-state index in [9.17, 15) is 0 Å². The lowest BCUT2D eigenvalue weighted by Crippen LogP contribution is -1.88. The van der Waals surface area contributed by atoms with Gasteiger partial charge in [0.05, 0.1) is 0 Å². The van der Waals surface area contributed by atoms with E-state index in [1.54, 1.807) is 0 Å². The topological polar surface area (TPSA) is 26.0 Å². The number of nitrogens with zero attached hydrogens (tertiary/aromatic N) is 1. The smallest absolute Gasteiger partial charge is 0.199 e. The van der Waals surface area contributed by atoms with Gasteiger partial charge in [0.1, 0.15) is 5.52 Å². The molecule has 0 aliphatic carbocycles. The van der Waals surface area contributed by atoms with Gasteiger partial charge < -0.3 is 4.42 Å². The Hall–Kier alpha value is -2.09. The lowest BCUT2D eigenvalue weighted by molar-refractivity contribution is 0.544. The van der Waals surface area contributed by atoms with E-state index in [0.717, 1.165) is 23.4 Å². The predicted octanol–water partition coefficient (Wildman–Crippen LogP) is 3.73. The minimum atomic E-state index is 0.746. The summed E-state index contributed by atoms with van der Waals surface area (Å²) in [6, 6.07) is 16.3. The zero-order valence-electron chi connectivity index (χ0n) is 9.68. The Bertz CT molecular complexity index is 622. The molecule has 2 heteroatoms. The molecule has 0 radical (unpaired) electrons. The molecule has 3 aromatic rings. The number of para-hydroxylation sites is 2. The summed E-state index contributed by atoms with van der Waals surface area (Å²) in [5, 5.41) is 0. The van der Waals surface area contributed by atoms with E-state index in [4.69, 9.17) is 4.42 Å². The van der Waals surface area contributed by atoms with E-state index in [1.165, 1.54) is 11.1 Å². The maximum absolute atomic E-state index is 5.70. The second-order valence-corrected chi connectivity index (χ2v) is 4.24. The normalized spacial score (nSPS) is 10.9. The van der Waals surface area contributed by atoms with Crippen molar-refractivity contribution in [3.8, 4) is 0 Å². The predicted molar refractivity (Wildman–Crippen MR) is 68.0 cm³/mol. The highest BCUT2D eigenvalue weighted by molar-refractivity contribution is 5.72. The molecule has 0 atom stereocenters. The van der Waals surface area contributed by atoms with Crippen molar-refractivity contribution in [1.29, 1.82) is 0 Å². The number of fused-ring (bicyclic) bond motifs is 1.